The van der Waals surface area contributed by atoms with E-state index in [1.54, 1.807) is 48.5 Å². The van der Waals surface area contributed by atoms with Crippen LogP contribution in [-0.4, -0.2) is 41.8 Å². The van der Waals surface area contributed by atoms with Gasteiger partial charge in [-0.25, -0.2) is 0 Å². The fourth-order valence-corrected chi connectivity index (χ4v) is 3.79. The highest BCUT2D eigenvalue weighted by Crippen LogP contribution is 2.18. The van der Waals surface area contributed by atoms with Gasteiger partial charge in [0.2, 0.25) is 5.91 Å². The normalized spacial score (nSPS) is 15.1. The van der Waals surface area contributed by atoms with Crippen LogP contribution in [0.15, 0.2) is 54.6 Å². The van der Waals surface area contributed by atoms with Gasteiger partial charge in [0.1, 0.15) is 6.04 Å². The molecule has 6 nitrogen and oxygen atoms in total. The molecule has 1 fully saturated rings. The molecular formula is C25H31N3O3. The van der Waals surface area contributed by atoms with Crippen LogP contribution in [0.4, 0.5) is 5.69 Å². The first-order valence-corrected chi connectivity index (χ1v) is 11.0. The van der Waals surface area contributed by atoms with Gasteiger partial charge in [-0.3, -0.25) is 14.4 Å². The highest BCUT2D eigenvalue weighted by molar-refractivity contribution is 6.09. The van der Waals surface area contributed by atoms with Gasteiger partial charge in [0.15, 0.2) is 0 Å². The third-order valence-electron chi connectivity index (χ3n) is 5.59. The first-order valence-electron chi connectivity index (χ1n) is 11.0. The lowest BCUT2D eigenvalue weighted by Gasteiger charge is -2.29. The van der Waals surface area contributed by atoms with Crippen molar-refractivity contribution in [3.8, 4) is 0 Å². The molecule has 1 saturated heterocycles. The molecule has 0 spiro atoms. The van der Waals surface area contributed by atoms with Crippen LogP contribution in [0.25, 0.3) is 0 Å². The van der Waals surface area contributed by atoms with Gasteiger partial charge < -0.3 is 15.5 Å². The lowest BCUT2D eigenvalue weighted by molar-refractivity contribution is -0.134. The minimum atomic E-state index is -0.608. The summed E-state index contributed by atoms with van der Waals surface area (Å²) < 4.78 is 0. The van der Waals surface area contributed by atoms with Crippen molar-refractivity contribution in [2.75, 3.05) is 18.4 Å². The molecule has 1 atom stereocenters. The zero-order chi connectivity index (χ0) is 22.2. The largest absolute Gasteiger partial charge is 0.341 e. The second-order valence-electron chi connectivity index (χ2n) is 8.30. The number of carbonyl (C=O) groups is 3. The Balaban J connectivity index is 1.75. The average molecular weight is 422 g/mol. The molecule has 2 aromatic carbocycles. The molecule has 1 unspecified atom stereocenters. The predicted molar refractivity (Wildman–Crippen MR) is 122 cm³/mol. The van der Waals surface area contributed by atoms with Gasteiger partial charge in [0.25, 0.3) is 11.8 Å². The van der Waals surface area contributed by atoms with Crippen molar-refractivity contribution >= 4 is 23.4 Å². The highest BCUT2D eigenvalue weighted by Gasteiger charge is 2.29. The van der Waals surface area contributed by atoms with E-state index in [0.29, 0.717) is 16.8 Å². The molecule has 164 valence electrons. The standard InChI is InChI=1S/C25H31N3O3/c1-18(2)22(25(31)28-16-10-3-4-11-17-28)27-24(30)20-14-8-9-15-21(20)26-23(29)19-12-6-5-7-13-19/h5-9,12-15,18,22H,3-4,10-11,16-17H2,1-2H3,(H,26,29)(H,27,30). The Morgan fingerprint density at radius 2 is 1.42 bits per heavy atom. The quantitative estimate of drug-likeness (QED) is 0.737. The van der Waals surface area contributed by atoms with E-state index in [4.69, 9.17) is 0 Å². The van der Waals surface area contributed by atoms with Crippen LogP contribution in [0.5, 0.6) is 0 Å². The van der Waals surface area contributed by atoms with Crippen molar-refractivity contribution in [3.05, 3.63) is 65.7 Å². The minimum absolute atomic E-state index is 0.0314. The lowest BCUT2D eigenvalue weighted by Crippen LogP contribution is -2.51. The topological polar surface area (TPSA) is 78.5 Å². The number of rotatable bonds is 6. The molecular weight excluding hydrogens is 390 g/mol. The van der Waals surface area contributed by atoms with E-state index in [1.807, 2.05) is 24.8 Å². The van der Waals surface area contributed by atoms with Crippen LogP contribution < -0.4 is 10.6 Å². The molecule has 1 aliphatic heterocycles. The highest BCUT2D eigenvalue weighted by atomic mass is 16.2. The Kier molecular flexibility index (Phi) is 7.82. The fraction of sp³-hybridized carbons (Fsp3) is 0.400. The van der Waals surface area contributed by atoms with Crippen LogP contribution in [-0.2, 0) is 4.79 Å². The van der Waals surface area contributed by atoms with Gasteiger partial charge >= 0.3 is 0 Å². The number of nitrogens with one attached hydrogen (secondary N) is 2. The van der Waals surface area contributed by atoms with Gasteiger partial charge in [0, 0.05) is 18.7 Å². The van der Waals surface area contributed by atoms with Crippen molar-refractivity contribution in [2.45, 2.75) is 45.6 Å². The lowest BCUT2D eigenvalue weighted by atomic mass is 10.0. The maximum atomic E-state index is 13.1. The SMILES string of the molecule is CC(C)C(NC(=O)c1ccccc1NC(=O)c1ccccc1)C(=O)N1CCCCCC1. The van der Waals surface area contributed by atoms with Crippen molar-refractivity contribution < 1.29 is 14.4 Å². The van der Waals surface area contributed by atoms with Crippen molar-refractivity contribution in [1.29, 1.82) is 0 Å². The Morgan fingerprint density at radius 1 is 0.806 bits per heavy atom. The summed E-state index contributed by atoms with van der Waals surface area (Å²) in [5.41, 5.74) is 1.26. The Morgan fingerprint density at radius 3 is 2.06 bits per heavy atom. The van der Waals surface area contributed by atoms with Crippen molar-refractivity contribution in [3.63, 3.8) is 0 Å². The maximum Gasteiger partial charge on any atom is 0.255 e. The molecule has 0 bridgehead atoms. The third kappa shape index (κ3) is 5.94. The summed E-state index contributed by atoms with van der Waals surface area (Å²) in [5.74, 6) is -0.741. The second kappa shape index (κ2) is 10.8. The van der Waals surface area contributed by atoms with E-state index in [9.17, 15) is 14.4 Å². The number of amides is 3. The monoisotopic (exact) mass is 421 g/mol. The molecule has 1 aliphatic rings. The summed E-state index contributed by atoms with van der Waals surface area (Å²) >= 11 is 0. The fourth-order valence-electron chi connectivity index (χ4n) is 3.79. The van der Waals surface area contributed by atoms with Gasteiger partial charge in [-0.2, -0.15) is 0 Å². The van der Waals surface area contributed by atoms with E-state index in [-0.39, 0.29) is 23.6 Å². The van der Waals surface area contributed by atoms with E-state index in [2.05, 4.69) is 10.6 Å². The van der Waals surface area contributed by atoms with Crippen molar-refractivity contribution in [2.24, 2.45) is 5.92 Å². The molecule has 0 radical (unpaired) electrons. The molecule has 3 rings (SSSR count). The van der Waals surface area contributed by atoms with Gasteiger partial charge in [-0.15, -0.1) is 0 Å². The van der Waals surface area contributed by atoms with Crippen LogP contribution in [0, 0.1) is 5.92 Å². The molecule has 0 saturated carbocycles. The minimum Gasteiger partial charge on any atom is -0.341 e. The first kappa shape index (κ1) is 22.5. The molecule has 2 N–H and O–H groups in total. The molecule has 0 aromatic heterocycles. The van der Waals surface area contributed by atoms with E-state index >= 15 is 0 Å². The smallest absolute Gasteiger partial charge is 0.255 e. The third-order valence-corrected chi connectivity index (χ3v) is 5.59. The molecule has 3 amide bonds. The van der Waals surface area contributed by atoms with Gasteiger partial charge in [-0.1, -0.05) is 57.0 Å². The Labute approximate surface area is 184 Å². The number of hydrogen-bond donors (Lipinski definition) is 2. The van der Waals surface area contributed by atoms with Gasteiger partial charge in [0.05, 0.1) is 11.3 Å². The number of likely N-dealkylation sites (tertiary alicyclic amines) is 1. The van der Waals surface area contributed by atoms with E-state index in [0.717, 1.165) is 38.8 Å². The Bertz CT molecular complexity index is 903. The van der Waals surface area contributed by atoms with Crippen LogP contribution in [0.1, 0.15) is 60.2 Å². The van der Waals surface area contributed by atoms with Crippen LogP contribution in [0.3, 0.4) is 0 Å². The predicted octanol–water partition coefficient (Wildman–Crippen LogP) is 4.10. The summed E-state index contributed by atoms with van der Waals surface area (Å²) in [5, 5.41) is 5.74. The number of hydrogen-bond acceptors (Lipinski definition) is 3. The number of para-hydroxylation sites is 1. The van der Waals surface area contributed by atoms with E-state index < -0.39 is 6.04 Å². The summed E-state index contributed by atoms with van der Waals surface area (Å²) in [6.07, 6.45) is 4.27. The summed E-state index contributed by atoms with van der Waals surface area (Å²) in [7, 11) is 0. The summed E-state index contributed by atoms with van der Waals surface area (Å²) in [6.45, 7) is 5.34. The zero-order valence-corrected chi connectivity index (χ0v) is 18.3. The van der Waals surface area contributed by atoms with Crippen LogP contribution in [0.2, 0.25) is 0 Å². The number of benzene rings is 2. The molecule has 31 heavy (non-hydrogen) atoms. The van der Waals surface area contributed by atoms with E-state index in [1.165, 1.54) is 0 Å². The van der Waals surface area contributed by atoms with Crippen molar-refractivity contribution in [1.82, 2.24) is 10.2 Å². The second-order valence-corrected chi connectivity index (χ2v) is 8.30. The number of anilines is 1. The summed E-state index contributed by atoms with van der Waals surface area (Å²) in [4.78, 5) is 40.7. The average Bonchev–Trinajstić information content (AvgIpc) is 3.07. The van der Waals surface area contributed by atoms with Crippen LogP contribution >= 0.6 is 0 Å². The first-order chi connectivity index (χ1) is 15.0. The summed E-state index contributed by atoms with van der Waals surface area (Å²) in [6, 6.07) is 15.1. The molecule has 0 aliphatic carbocycles. The number of carbonyl (C=O) groups excluding carboxylic acids is 3. The molecule has 6 heteroatoms. The molecule has 2 aromatic rings. The number of nitrogens with zero attached hydrogens (tertiary/aromatic N) is 1. The Hall–Kier alpha value is -3.15. The van der Waals surface area contributed by atoms with Gasteiger partial charge in [-0.05, 0) is 43.0 Å². The maximum absolute atomic E-state index is 13.1. The molecule has 1 heterocycles. The zero-order valence-electron chi connectivity index (χ0n) is 18.3.